The van der Waals surface area contributed by atoms with Crippen LogP contribution in [-0.2, 0) is 14.8 Å². The maximum atomic E-state index is 11.9. The SMILES string of the molecule is Cc1ccc(S(=O)(=O)NCCSCC(N)C(=O)O)cc1. The van der Waals surface area contributed by atoms with E-state index in [1.807, 2.05) is 6.92 Å². The normalized spacial score (nSPS) is 13.1. The summed E-state index contributed by atoms with van der Waals surface area (Å²) in [6.07, 6.45) is 0. The standard InChI is InChI=1S/C12H18N2O4S2/c1-9-2-4-10(5-3-9)20(17,18)14-6-7-19-8-11(13)12(15)16/h2-5,11,14H,6-8,13H2,1H3,(H,15,16). The molecule has 0 saturated heterocycles. The van der Waals surface area contributed by atoms with E-state index < -0.39 is 22.0 Å². The molecule has 0 amide bonds. The number of hydrogen-bond acceptors (Lipinski definition) is 5. The number of nitrogens with two attached hydrogens (primary N) is 1. The highest BCUT2D eigenvalue weighted by Gasteiger charge is 2.14. The van der Waals surface area contributed by atoms with Crippen LogP contribution in [0.5, 0.6) is 0 Å². The van der Waals surface area contributed by atoms with Crippen molar-refractivity contribution in [2.24, 2.45) is 5.73 Å². The fourth-order valence-corrected chi connectivity index (χ4v) is 3.30. The molecular weight excluding hydrogens is 300 g/mol. The Labute approximate surface area is 122 Å². The number of rotatable bonds is 8. The van der Waals surface area contributed by atoms with Crippen LogP contribution >= 0.6 is 11.8 Å². The van der Waals surface area contributed by atoms with E-state index in [2.05, 4.69) is 4.72 Å². The number of hydrogen-bond donors (Lipinski definition) is 3. The Morgan fingerprint density at radius 1 is 1.40 bits per heavy atom. The second-order valence-corrected chi connectivity index (χ2v) is 7.15. The van der Waals surface area contributed by atoms with Crippen LogP contribution in [0, 0.1) is 6.92 Å². The molecule has 8 heteroatoms. The van der Waals surface area contributed by atoms with Crippen molar-refractivity contribution < 1.29 is 18.3 Å². The van der Waals surface area contributed by atoms with Gasteiger partial charge in [-0.05, 0) is 19.1 Å². The van der Waals surface area contributed by atoms with Gasteiger partial charge in [0.2, 0.25) is 10.0 Å². The lowest BCUT2D eigenvalue weighted by Crippen LogP contribution is -2.33. The van der Waals surface area contributed by atoms with Crippen molar-refractivity contribution in [3.63, 3.8) is 0 Å². The van der Waals surface area contributed by atoms with E-state index in [0.717, 1.165) is 5.56 Å². The highest BCUT2D eigenvalue weighted by Crippen LogP contribution is 2.10. The molecule has 1 aromatic carbocycles. The summed E-state index contributed by atoms with van der Waals surface area (Å²) in [5.41, 5.74) is 6.32. The lowest BCUT2D eigenvalue weighted by molar-refractivity contribution is -0.137. The van der Waals surface area contributed by atoms with E-state index in [9.17, 15) is 13.2 Å². The van der Waals surface area contributed by atoms with Crippen molar-refractivity contribution in [2.45, 2.75) is 17.9 Å². The third-order valence-corrected chi connectivity index (χ3v) is 5.05. The predicted molar refractivity (Wildman–Crippen MR) is 79.3 cm³/mol. The fraction of sp³-hybridized carbons (Fsp3) is 0.417. The molecule has 20 heavy (non-hydrogen) atoms. The average molecular weight is 318 g/mol. The maximum absolute atomic E-state index is 11.9. The van der Waals surface area contributed by atoms with Gasteiger partial charge < -0.3 is 10.8 Å². The Balaban J connectivity index is 2.37. The monoisotopic (exact) mass is 318 g/mol. The van der Waals surface area contributed by atoms with E-state index in [-0.39, 0.29) is 17.2 Å². The molecule has 0 aliphatic carbocycles. The van der Waals surface area contributed by atoms with Crippen LogP contribution in [0.25, 0.3) is 0 Å². The van der Waals surface area contributed by atoms with Crippen LogP contribution < -0.4 is 10.5 Å². The van der Waals surface area contributed by atoms with Crippen LogP contribution in [0.2, 0.25) is 0 Å². The second kappa shape index (κ2) is 7.63. The maximum Gasteiger partial charge on any atom is 0.321 e. The molecule has 0 bridgehead atoms. The number of benzene rings is 1. The molecule has 0 aliphatic rings. The summed E-state index contributed by atoms with van der Waals surface area (Å²) in [7, 11) is -3.50. The number of aryl methyl sites for hydroxylation is 1. The second-order valence-electron chi connectivity index (χ2n) is 4.23. The third-order valence-electron chi connectivity index (χ3n) is 2.48. The zero-order valence-electron chi connectivity index (χ0n) is 11.1. The summed E-state index contributed by atoms with van der Waals surface area (Å²) >= 11 is 1.30. The quantitative estimate of drug-likeness (QED) is 0.599. The molecule has 1 unspecified atom stereocenters. The van der Waals surface area contributed by atoms with E-state index in [0.29, 0.717) is 5.75 Å². The van der Waals surface area contributed by atoms with Crippen molar-refractivity contribution in [3.8, 4) is 0 Å². The Bertz CT molecular complexity index is 543. The molecule has 0 aliphatic heterocycles. The molecule has 6 nitrogen and oxygen atoms in total. The first kappa shape index (κ1) is 17.0. The van der Waals surface area contributed by atoms with Gasteiger partial charge in [-0.1, -0.05) is 17.7 Å². The Kier molecular flexibility index (Phi) is 6.47. The van der Waals surface area contributed by atoms with E-state index in [4.69, 9.17) is 10.8 Å². The number of nitrogens with one attached hydrogen (secondary N) is 1. The number of aliphatic carboxylic acids is 1. The molecule has 0 spiro atoms. The number of sulfonamides is 1. The van der Waals surface area contributed by atoms with Crippen molar-refractivity contribution >= 4 is 27.8 Å². The minimum atomic E-state index is -3.50. The molecule has 0 saturated carbocycles. The smallest absolute Gasteiger partial charge is 0.321 e. The van der Waals surface area contributed by atoms with Gasteiger partial charge in [0.25, 0.3) is 0 Å². The first-order valence-corrected chi connectivity index (χ1v) is 8.59. The van der Waals surface area contributed by atoms with Gasteiger partial charge in [-0.3, -0.25) is 4.79 Å². The zero-order valence-corrected chi connectivity index (χ0v) is 12.7. The first-order valence-electron chi connectivity index (χ1n) is 5.95. The van der Waals surface area contributed by atoms with Crippen molar-refractivity contribution in [3.05, 3.63) is 29.8 Å². The summed E-state index contributed by atoms with van der Waals surface area (Å²) < 4.78 is 26.3. The first-order chi connectivity index (χ1) is 9.33. The van der Waals surface area contributed by atoms with Gasteiger partial charge in [-0.15, -0.1) is 0 Å². The van der Waals surface area contributed by atoms with E-state index in [1.165, 1.54) is 11.8 Å². The van der Waals surface area contributed by atoms with Crippen LogP contribution in [0.1, 0.15) is 5.56 Å². The molecule has 1 atom stereocenters. The number of carbonyl (C=O) groups is 1. The summed E-state index contributed by atoms with van der Waals surface area (Å²) in [4.78, 5) is 10.7. The Morgan fingerprint density at radius 2 is 2.00 bits per heavy atom. The molecule has 4 N–H and O–H groups in total. The molecule has 112 valence electrons. The molecule has 0 aromatic heterocycles. The van der Waals surface area contributed by atoms with Crippen molar-refractivity contribution in [2.75, 3.05) is 18.1 Å². The average Bonchev–Trinajstić information content (AvgIpc) is 2.38. The van der Waals surface area contributed by atoms with Gasteiger partial charge in [-0.2, -0.15) is 11.8 Å². The summed E-state index contributed by atoms with van der Waals surface area (Å²) in [6.45, 7) is 2.11. The molecule has 0 fully saturated rings. The lowest BCUT2D eigenvalue weighted by Gasteiger charge is -2.08. The summed E-state index contributed by atoms with van der Waals surface area (Å²) in [5, 5.41) is 8.59. The van der Waals surface area contributed by atoms with Crippen molar-refractivity contribution in [1.29, 1.82) is 0 Å². The highest BCUT2D eigenvalue weighted by molar-refractivity contribution is 7.99. The Morgan fingerprint density at radius 3 is 2.55 bits per heavy atom. The lowest BCUT2D eigenvalue weighted by atomic mass is 10.2. The molecule has 1 rings (SSSR count). The fourth-order valence-electron chi connectivity index (χ4n) is 1.33. The van der Waals surface area contributed by atoms with Gasteiger partial charge in [0.15, 0.2) is 0 Å². The van der Waals surface area contributed by atoms with Gasteiger partial charge in [0, 0.05) is 18.1 Å². The van der Waals surface area contributed by atoms with Crippen LogP contribution in [0.15, 0.2) is 29.2 Å². The Hall–Kier alpha value is -1.09. The number of carboxylic acids is 1. The third kappa shape index (κ3) is 5.49. The number of carboxylic acid groups (broad SMARTS) is 1. The van der Waals surface area contributed by atoms with Gasteiger partial charge in [0.05, 0.1) is 4.90 Å². The molecule has 0 heterocycles. The largest absolute Gasteiger partial charge is 0.480 e. The minimum Gasteiger partial charge on any atom is -0.480 e. The topological polar surface area (TPSA) is 109 Å². The van der Waals surface area contributed by atoms with Crippen LogP contribution in [0.3, 0.4) is 0 Å². The highest BCUT2D eigenvalue weighted by atomic mass is 32.2. The van der Waals surface area contributed by atoms with Gasteiger partial charge >= 0.3 is 5.97 Å². The molecular formula is C12H18N2O4S2. The van der Waals surface area contributed by atoms with E-state index in [1.54, 1.807) is 24.3 Å². The predicted octanol–water partition coefficient (Wildman–Crippen LogP) is 0.418. The van der Waals surface area contributed by atoms with Gasteiger partial charge in [0.1, 0.15) is 6.04 Å². The van der Waals surface area contributed by atoms with Crippen LogP contribution in [0.4, 0.5) is 0 Å². The van der Waals surface area contributed by atoms with Gasteiger partial charge in [-0.25, -0.2) is 13.1 Å². The number of thioether (sulfide) groups is 1. The van der Waals surface area contributed by atoms with Crippen molar-refractivity contribution in [1.82, 2.24) is 4.72 Å². The molecule has 1 aromatic rings. The minimum absolute atomic E-state index is 0.218. The summed E-state index contributed by atoms with van der Waals surface area (Å²) in [6, 6.07) is 5.63. The summed E-state index contributed by atoms with van der Waals surface area (Å²) in [5.74, 6) is -0.342. The zero-order chi connectivity index (χ0) is 15.2. The van der Waals surface area contributed by atoms with E-state index >= 15 is 0 Å². The molecule has 0 radical (unpaired) electrons. The van der Waals surface area contributed by atoms with Crippen LogP contribution in [-0.4, -0.2) is 43.6 Å².